The molecule has 0 bridgehead atoms. The normalized spacial score (nSPS) is 14.7. The monoisotopic (exact) mass is 576 g/mol. The molecule has 228 valence electrons. The van der Waals surface area contributed by atoms with Crippen molar-refractivity contribution in [2.75, 3.05) is 19.7 Å². The molecule has 12 nitrogen and oxygen atoms in total. The molecule has 1 atom stereocenters. The van der Waals surface area contributed by atoms with E-state index in [-0.39, 0.29) is 26.2 Å². The van der Waals surface area contributed by atoms with Crippen LogP contribution in [-0.2, 0) is 35.2 Å². The molecule has 0 aromatic heterocycles. The summed E-state index contributed by atoms with van der Waals surface area (Å²) in [5, 5.41) is 10.5. The fraction of sp³-hybridized carbons (Fsp3) is 0.621. The van der Waals surface area contributed by atoms with Crippen LogP contribution in [0.1, 0.15) is 78.2 Å². The number of rotatable bonds is 14. The van der Waals surface area contributed by atoms with Crippen LogP contribution in [0.15, 0.2) is 30.3 Å². The fourth-order valence-corrected chi connectivity index (χ4v) is 4.39. The highest BCUT2D eigenvalue weighted by Crippen LogP contribution is 2.30. The van der Waals surface area contributed by atoms with E-state index in [0.29, 0.717) is 32.2 Å². The molecule has 1 aromatic carbocycles. The van der Waals surface area contributed by atoms with Gasteiger partial charge in [-0.25, -0.2) is 14.4 Å². The van der Waals surface area contributed by atoms with Crippen LogP contribution >= 0.6 is 0 Å². The molecule has 0 aliphatic heterocycles. The molecule has 2 rings (SSSR count). The third-order valence-corrected chi connectivity index (χ3v) is 6.33. The van der Waals surface area contributed by atoms with Gasteiger partial charge in [0.25, 0.3) is 0 Å². The molecule has 1 fully saturated rings. The molecule has 4 amide bonds. The fourth-order valence-electron chi connectivity index (χ4n) is 4.39. The van der Waals surface area contributed by atoms with Gasteiger partial charge in [-0.15, -0.1) is 0 Å². The highest BCUT2D eigenvalue weighted by molar-refractivity contribution is 5.92. The van der Waals surface area contributed by atoms with Crippen LogP contribution in [0.4, 0.5) is 9.59 Å². The predicted octanol–water partition coefficient (Wildman–Crippen LogP) is 3.08. The summed E-state index contributed by atoms with van der Waals surface area (Å²) in [5.41, 5.74) is -0.975. The predicted molar refractivity (Wildman–Crippen MR) is 151 cm³/mol. The standard InChI is InChI=1S/C29H44N4O8/c1-5-39-25(36)29(16-10-11-17-29)33-23(34)19-31-24(35)22(32-27(38)41-28(2,3)4)15-9-12-18-30-26(37)40-20-21-13-7-6-8-14-21/h6-8,13-14,22H,5,9-12,15-20H2,1-4H3,(H,30,37)(H,31,35)(H,32,38)(H,33,34)/t22-/m0/s1. The Bertz CT molecular complexity index is 1020. The maximum absolute atomic E-state index is 13.0. The van der Waals surface area contributed by atoms with Gasteiger partial charge in [0.15, 0.2) is 0 Å². The molecule has 4 N–H and O–H groups in total. The van der Waals surface area contributed by atoms with Crippen LogP contribution in [-0.4, -0.2) is 66.8 Å². The maximum atomic E-state index is 13.0. The number of hydrogen-bond donors (Lipinski definition) is 4. The molecule has 0 unspecified atom stereocenters. The van der Waals surface area contributed by atoms with E-state index in [1.807, 2.05) is 30.3 Å². The van der Waals surface area contributed by atoms with Crippen molar-refractivity contribution in [2.24, 2.45) is 0 Å². The Morgan fingerprint density at radius 2 is 1.61 bits per heavy atom. The zero-order valence-electron chi connectivity index (χ0n) is 24.5. The van der Waals surface area contributed by atoms with Gasteiger partial charge in [0, 0.05) is 6.54 Å². The molecule has 1 aliphatic carbocycles. The molecular formula is C29H44N4O8. The zero-order chi connectivity index (χ0) is 30.3. The zero-order valence-corrected chi connectivity index (χ0v) is 24.5. The Morgan fingerprint density at radius 1 is 0.927 bits per heavy atom. The number of carbonyl (C=O) groups excluding carboxylic acids is 5. The lowest BCUT2D eigenvalue weighted by Crippen LogP contribution is -2.56. The minimum atomic E-state index is -1.08. The number of ether oxygens (including phenoxy) is 3. The number of esters is 1. The lowest BCUT2D eigenvalue weighted by molar-refractivity contribution is -0.153. The van der Waals surface area contributed by atoms with Crippen LogP contribution in [0.2, 0.25) is 0 Å². The van der Waals surface area contributed by atoms with Gasteiger partial charge < -0.3 is 35.5 Å². The first-order chi connectivity index (χ1) is 19.4. The number of unbranched alkanes of at least 4 members (excludes halogenated alkanes) is 1. The third-order valence-electron chi connectivity index (χ3n) is 6.33. The van der Waals surface area contributed by atoms with Gasteiger partial charge in [-0.1, -0.05) is 43.2 Å². The summed E-state index contributed by atoms with van der Waals surface area (Å²) in [6.07, 6.45) is 2.43. The van der Waals surface area contributed by atoms with Gasteiger partial charge in [-0.05, 0) is 65.4 Å². The van der Waals surface area contributed by atoms with Crippen molar-refractivity contribution in [1.29, 1.82) is 0 Å². The average Bonchev–Trinajstić information content (AvgIpc) is 3.39. The van der Waals surface area contributed by atoms with Crippen LogP contribution in [0.3, 0.4) is 0 Å². The van der Waals surface area contributed by atoms with E-state index in [2.05, 4.69) is 21.3 Å². The van der Waals surface area contributed by atoms with Crippen molar-refractivity contribution in [1.82, 2.24) is 21.3 Å². The summed E-state index contributed by atoms with van der Waals surface area (Å²) in [6, 6.07) is 8.32. The van der Waals surface area contributed by atoms with E-state index in [9.17, 15) is 24.0 Å². The summed E-state index contributed by atoms with van der Waals surface area (Å²) < 4.78 is 15.6. The third kappa shape index (κ3) is 12.5. The summed E-state index contributed by atoms with van der Waals surface area (Å²) >= 11 is 0. The second-order valence-electron chi connectivity index (χ2n) is 11.0. The topological polar surface area (TPSA) is 161 Å². The SMILES string of the molecule is CCOC(=O)C1(NC(=O)CNC(=O)[C@H](CCCCNC(=O)OCc2ccccc2)NC(=O)OC(C)(C)C)CCCC1. The van der Waals surface area contributed by atoms with Gasteiger partial charge in [0.1, 0.15) is 23.8 Å². The number of amides is 4. The number of benzene rings is 1. The highest BCUT2D eigenvalue weighted by atomic mass is 16.6. The number of hydrogen-bond acceptors (Lipinski definition) is 8. The minimum absolute atomic E-state index is 0.156. The highest BCUT2D eigenvalue weighted by Gasteiger charge is 2.43. The number of alkyl carbamates (subject to hydrolysis) is 2. The summed E-state index contributed by atoms with van der Waals surface area (Å²) in [5.74, 6) is -1.57. The van der Waals surface area contributed by atoms with Crippen LogP contribution in [0.25, 0.3) is 0 Å². The molecule has 1 saturated carbocycles. The molecule has 1 aliphatic rings. The molecule has 41 heavy (non-hydrogen) atoms. The van der Waals surface area contributed by atoms with Crippen molar-refractivity contribution in [2.45, 2.75) is 96.4 Å². The second-order valence-corrected chi connectivity index (χ2v) is 11.0. The molecule has 0 saturated heterocycles. The van der Waals surface area contributed by atoms with E-state index < -0.39 is 47.2 Å². The van der Waals surface area contributed by atoms with Crippen LogP contribution < -0.4 is 21.3 Å². The van der Waals surface area contributed by atoms with Crippen molar-refractivity contribution < 1.29 is 38.2 Å². The number of carbonyl (C=O) groups is 5. The van der Waals surface area contributed by atoms with Crippen LogP contribution in [0.5, 0.6) is 0 Å². The van der Waals surface area contributed by atoms with Crippen molar-refractivity contribution in [3.63, 3.8) is 0 Å². The lowest BCUT2D eigenvalue weighted by atomic mass is 9.97. The Balaban J connectivity index is 1.84. The van der Waals surface area contributed by atoms with Gasteiger partial charge in [0.05, 0.1) is 13.2 Å². The molecule has 0 spiro atoms. The van der Waals surface area contributed by atoms with Crippen molar-refractivity contribution >= 4 is 30.0 Å². The smallest absolute Gasteiger partial charge is 0.408 e. The van der Waals surface area contributed by atoms with E-state index in [4.69, 9.17) is 14.2 Å². The molecular weight excluding hydrogens is 532 g/mol. The van der Waals surface area contributed by atoms with Gasteiger partial charge in [-0.3, -0.25) is 9.59 Å². The second kappa shape index (κ2) is 16.4. The maximum Gasteiger partial charge on any atom is 0.408 e. The Kier molecular flexibility index (Phi) is 13.4. The average molecular weight is 577 g/mol. The quantitative estimate of drug-likeness (QED) is 0.149. The largest absolute Gasteiger partial charge is 0.464 e. The number of nitrogens with one attached hydrogen (secondary N) is 4. The molecule has 12 heteroatoms. The summed E-state index contributed by atoms with van der Waals surface area (Å²) in [6.45, 7) is 7.12. The lowest BCUT2D eigenvalue weighted by Gasteiger charge is -2.28. The Hall–Kier alpha value is -3.83. The minimum Gasteiger partial charge on any atom is -0.464 e. The first kappa shape index (κ1) is 33.4. The Morgan fingerprint density at radius 3 is 2.24 bits per heavy atom. The summed E-state index contributed by atoms with van der Waals surface area (Å²) in [7, 11) is 0. The van der Waals surface area contributed by atoms with Crippen LogP contribution in [0, 0.1) is 0 Å². The first-order valence-electron chi connectivity index (χ1n) is 14.1. The van der Waals surface area contributed by atoms with Gasteiger partial charge in [0.2, 0.25) is 11.8 Å². The van der Waals surface area contributed by atoms with E-state index in [0.717, 1.165) is 18.4 Å². The van der Waals surface area contributed by atoms with Gasteiger partial charge in [-0.2, -0.15) is 0 Å². The molecule has 1 aromatic rings. The summed E-state index contributed by atoms with van der Waals surface area (Å²) in [4.78, 5) is 62.4. The molecule has 0 heterocycles. The van der Waals surface area contributed by atoms with E-state index in [1.54, 1.807) is 27.7 Å². The Labute approximate surface area is 241 Å². The van der Waals surface area contributed by atoms with Gasteiger partial charge >= 0.3 is 18.2 Å². The van der Waals surface area contributed by atoms with E-state index in [1.165, 1.54) is 0 Å². The van der Waals surface area contributed by atoms with Crippen molar-refractivity contribution in [3.8, 4) is 0 Å². The van der Waals surface area contributed by atoms with Crippen molar-refractivity contribution in [3.05, 3.63) is 35.9 Å². The van der Waals surface area contributed by atoms with E-state index >= 15 is 0 Å². The first-order valence-corrected chi connectivity index (χ1v) is 14.1. The molecule has 0 radical (unpaired) electrons.